The molecular weight excluding hydrogens is 284 g/mol. The smallest absolute Gasteiger partial charge is 0.159 e. The molecular formula is C16H29ClSi2. The average Bonchev–Trinajstić information content (AvgIpc) is 2.52. The van der Waals surface area contributed by atoms with Crippen molar-refractivity contribution in [1.29, 1.82) is 0 Å². The predicted molar refractivity (Wildman–Crippen MR) is 92.7 cm³/mol. The van der Waals surface area contributed by atoms with Crippen molar-refractivity contribution in [1.82, 2.24) is 0 Å². The van der Waals surface area contributed by atoms with E-state index in [4.69, 9.17) is 11.1 Å². The van der Waals surface area contributed by atoms with Crippen molar-refractivity contribution in [2.45, 2.75) is 78.4 Å². The van der Waals surface area contributed by atoms with Crippen LogP contribution in [0.25, 0.3) is 0 Å². The van der Waals surface area contributed by atoms with Crippen LogP contribution in [-0.4, -0.2) is 14.5 Å². The maximum absolute atomic E-state index is 7.51. The second-order valence-corrected chi connectivity index (χ2v) is 24.2. The Morgan fingerprint density at radius 3 is 1.63 bits per heavy atom. The van der Waals surface area contributed by atoms with Crippen molar-refractivity contribution >= 4 is 25.6 Å². The van der Waals surface area contributed by atoms with E-state index in [1.807, 2.05) is 0 Å². The fourth-order valence-corrected chi connectivity index (χ4v) is 21.6. The maximum atomic E-state index is 7.51. The van der Waals surface area contributed by atoms with E-state index in [1.165, 1.54) is 25.7 Å². The van der Waals surface area contributed by atoms with E-state index in [0.29, 0.717) is 5.04 Å². The normalized spacial score (nSPS) is 24.0. The van der Waals surface area contributed by atoms with Crippen molar-refractivity contribution in [3.63, 3.8) is 0 Å². The van der Waals surface area contributed by atoms with Crippen molar-refractivity contribution in [3.8, 4) is 0 Å². The van der Waals surface area contributed by atoms with Gasteiger partial charge >= 0.3 is 0 Å². The molecule has 0 aromatic rings. The van der Waals surface area contributed by atoms with Gasteiger partial charge in [-0.15, -0.1) is 0 Å². The van der Waals surface area contributed by atoms with Gasteiger partial charge in [0.1, 0.15) is 0 Å². The molecule has 3 heteroatoms. The Morgan fingerprint density at radius 2 is 1.32 bits per heavy atom. The second kappa shape index (κ2) is 4.61. The molecule has 0 atom stereocenters. The Hall–Kier alpha value is 0.204. The van der Waals surface area contributed by atoms with Gasteiger partial charge in [-0.2, -0.15) is 11.1 Å². The first kappa shape index (κ1) is 15.6. The molecule has 1 saturated carbocycles. The summed E-state index contributed by atoms with van der Waals surface area (Å²) in [5.74, 6) is 0. The fraction of sp³-hybridized carbons (Fsp3) is 0.750. The fourth-order valence-electron chi connectivity index (χ4n) is 3.88. The summed E-state index contributed by atoms with van der Waals surface area (Å²) in [7, 11) is -1.52. The van der Waals surface area contributed by atoms with Gasteiger partial charge in [-0.1, -0.05) is 44.3 Å². The van der Waals surface area contributed by atoms with Gasteiger partial charge in [-0.25, -0.2) is 0 Å². The van der Waals surface area contributed by atoms with Gasteiger partial charge in [0.05, 0.1) is 7.59 Å². The largest absolute Gasteiger partial charge is 0.198 e. The summed E-state index contributed by atoms with van der Waals surface area (Å²) in [5.41, 5.74) is 3.35. The number of halogens is 1. The standard InChI is InChI=1S/C16H29ClSi2/c1-12-14-10-8-9-11-15(14)13(2)19(12,17)18(6,7)16(3,4)5/h8-11H2,1-7H3. The highest BCUT2D eigenvalue weighted by Gasteiger charge is 2.59. The molecule has 2 aliphatic rings. The highest BCUT2D eigenvalue weighted by molar-refractivity contribution is 7.65. The lowest BCUT2D eigenvalue weighted by atomic mass is 9.89. The molecule has 0 radical (unpaired) electrons. The zero-order valence-electron chi connectivity index (χ0n) is 13.7. The molecule has 0 saturated heterocycles. The van der Waals surface area contributed by atoms with Gasteiger partial charge in [0.25, 0.3) is 0 Å². The molecule has 0 N–H and O–H groups in total. The van der Waals surface area contributed by atoms with E-state index in [-0.39, 0.29) is 0 Å². The Labute approximate surface area is 125 Å². The molecule has 2 rings (SSSR count). The summed E-state index contributed by atoms with van der Waals surface area (Å²) >= 11 is 7.51. The molecule has 0 aromatic carbocycles. The lowest BCUT2D eigenvalue weighted by Crippen LogP contribution is -2.61. The Morgan fingerprint density at radius 1 is 0.947 bits per heavy atom. The van der Waals surface area contributed by atoms with Crippen LogP contribution in [0.4, 0.5) is 0 Å². The summed E-state index contributed by atoms with van der Waals surface area (Å²) in [6.45, 7) is 15.1. The Bertz CT molecular complexity index is 436. The molecule has 1 heterocycles. The topological polar surface area (TPSA) is 0 Å². The monoisotopic (exact) mass is 312 g/mol. The minimum absolute atomic E-state index is 0.373. The van der Waals surface area contributed by atoms with Gasteiger partial charge < -0.3 is 0 Å². The third-order valence-electron chi connectivity index (χ3n) is 6.14. The molecule has 0 aromatic heterocycles. The molecule has 19 heavy (non-hydrogen) atoms. The summed E-state index contributed by atoms with van der Waals surface area (Å²) in [4.78, 5) is 0. The van der Waals surface area contributed by atoms with Crippen LogP contribution >= 0.6 is 11.1 Å². The first-order valence-corrected chi connectivity index (χ1v) is 14.7. The van der Waals surface area contributed by atoms with Crippen LogP contribution in [0.15, 0.2) is 21.5 Å². The summed E-state index contributed by atoms with van der Waals surface area (Å²) in [5, 5.41) is 3.64. The highest BCUT2D eigenvalue weighted by Crippen LogP contribution is 2.55. The van der Waals surface area contributed by atoms with Crippen molar-refractivity contribution < 1.29 is 0 Å². The van der Waals surface area contributed by atoms with E-state index in [0.717, 1.165) is 0 Å². The lowest BCUT2D eigenvalue weighted by molar-refractivity contribution is 0.677. The van der Waals surface area contributed by atoms with E-state index in [1.54, 1.807) is 21.5 Å². The minimum atomic E-state index is -1.91. The Kier molecular flexibility index (Phi) is 3.78. The number of fused-ring (bicyclic) bond motifs is 1. The summed E-state index contributed by atoms with van der Waals surface area (Å²) in [6.07, 6.45) is 5.30. The van der Waals surface area contributed by atoms with Gasteiger partial charge in [0.15, 0.2) is 6.90 Å². The molecule has 0 bridgehead atoms. The van der Waals surface area contributed by atoms with Gasteiger partial charge in [0, 0.05) is 0 Å². The van der Waals surface area contributed by atoms with Crippen molar-refractivity contribution in [2.75, 3.05) is 0 Å². The van der Waals surface area contributed by atoms with Gasteiger partial charge in [0.2, 0.25) is 0 Å². The minimum Gasteiger partial charge on any atom is -0.159 e. The SMILES string of the molecule is CC1=C2CCCCC2=C(C)[Si]1(Cl)[Si](C)(C)C(C)(C)C. The van der Waals surface area contributed by atoms with Crippen molar-refractivity contribution in [2.24, 2.45) is 0 Å². The zero-order valence-corrected chi connectivity index (χ0v) is 16.5. The second-order valence-electron chi connectivity index (χ2n) is 7.95. The number of hydrogen-bond acceptors (Lipinski definition) is 0. The molecule has 1 aliphatic heterocycles. The molecule has 0 nitrogen and oxygen atoms in total. The lowest BCUT2D eigenvalue weighted by Gasteiger charge is -2.47. The van der Waals surface area contributed by atoms with Crippen LogP contribution in [0, 0.1) is 0 Å². The highest BCUT2D eigenvalue weighted by atomic mass is 35.6. The molecule has 108 valence electrons. The van der Waals surface area contributed by atoms with E-state index in [9.17, 15) is 0 Å². The quantitative estimate of drug-likeness (QED) is 0.408. The van der Waals surface area contributed by atoms with Gasteiger partial charge in [-0.3, -0.25) is 0 Å². The molecule has 0 amide bonds. The number of rotatable bonds is 1. The maximum Gasteiger partial charge on any atom is 0.198 e. The average molecular weight is 313 g/mol. The Balaban J connectivity index is 2.62. The van der Waals surface area contributed by atoms with Crippen LogP contribution in [0.1, 0.15) is 60.3 Å². The molecule has 1 aliphatic carbocycles. The molecule has 0 unspecified atom stereocenters. The molecule has 1 fully saturated rings. The zero-order chi connectivity index (χ0) is 14.6. The van der Waals surface area contributed by atoms with E-state index < -0.39 is 14.5 Å². The third kappa shape index (κ3) is 1.97. The van der Waals surface area contributed by atoms with E-state index >= 15 is 0 Å². The summed E-state index contributed by atoms with van der Waals surface area (Å²) in [6, 6.07) is 0. The summed E-state index contributed by atoms with van der Waals surface area (Å²) < 4.78 is 0. The van der Waals surface area contributed by atoms with E-state index in [2.05, 4.69) is 47.7 Å². The number of hydrogen-bond donors (Lipinski definition) is 0. The van der Waals surface area contributed by atoms with Crippen LogP contribution < -0.4 is 0 Å². The number of allylic oxidation sites excluding steroid dienone is 4. The van der Waals surface area contributed by atoms with Crippen LogP contribution in [0.2, 0.25) is 18.1 Å². The first-order chi connectivity index (χ1) is 8.55. The van der Waals surface area contributed by atoms with Crippen LogP contribution in [0.5, 0.6) is 0 Å². The molecule has 0 spiro atoms. The third-order valence-corrected chi connectivity index (χ3v) is 29.9. The van der Waals surface area contributed by atoms with Crippen LogP contribution in [-0.2, 0) is 0 Å². The van der Waals surface area contributed by atoms with Crippen LogP contribution in [0.3, 0.4) is 0 Å². The first-order valence-electron chi connectivity index (χ1n) is 7.65. The predicted octanol–water partition coefficient (Wildman–Crippen LogP) is 6.06. The van der Waals surface area contributed by atoms with Crippen molar-refractivity contribution in [3.05, 3.63) is 21.5 Å². The van der Waals surface area contributed by atoms with Gasteiger partial charge in [-0.05, 0) is 55.7 Å².